The molecule has 0 fully saturated rings. The van der Waals surface area contributed by atoms with Crippen LogP contribution >= 0.6 is 0 Å². The standard InChI is InChI=1S/C25H22N6O/c1-16-5-3-6-20(28-16)24-25(22-7-4-12-31(22)29-24)32-23-10-11-26-21-13-17(8-9-19(21)23)18-14-27-30(2)15-18/h3,5-6,8-11,13-15H,4,7,12H2,1-2H3. The second-order valence-electron chi connectivity index (χ2n) is 8.16. The van der Waals surface area contributed by atoms with Crippen LogP contribution in [0.15, 0.2) is 61.1 Å². The van der Waals surface area contributed by atoms with Crippen LogP contribution in [-0.4, -0.2) is 29.5 Å². The van der Waals surface area contributed by atoms with Gasteiger partial charge in [-0.25, -0.2) is 0 Å². The molecule has 6 rings (SSSR count). The maximum atomic E-state index is 6.57. The topological polar surface area (TPSA) is 70.7 Å². The predicted octanol–water partition coefficient (Wildman–Crippen LogP) is 4.94. The third-order valence-corrected chi connectivity index (χ3v) is 5.88. The minimum atomic E-state index is 0.768. The molecule has 1 aliphatic rings. The van der Waals surface area contributed by atoms with Crippen LogP contribution in [0, 0.1) is 6.92 Å². The number of fused-ring (bicyclic) bond motifs is 2. The van der Waals surface area contributed by atoms with E-state index >= 15 is 0 Å². The first-order valence-corrected chi connectivity index (χ1v) is 10.7. The van der Waals surface area contributed by atoms with E-state index in [1.54, 1.807) is 10.9 Å². The van der Waals surface area contributed by atoms with Gasteiger partial charge < -0.3 is 4.74 Å². The molecule has 4 aromatic heterocycles. The predicted molar refractivity (Wildman–Crippen MR) is 123 cm³/mol. The quantitative estimate of drug-likeness (QED) is 0.410. The Morgan fingerprint density at radius 2 is 2.00 bits per heavy atom. The van der Waals surface area contributed by atoms with E-state index in [0.29, 0.717) is 0 Å². The van der Waals surface area contributed by atoms with Gasteiger partial charge in [-0.3, -0.25) is 19.3 Å². The summed E-state index contributed by atoms with van der Waals surface area (Å²) in [5.74, 6) is 1.56. The maximum absolute atomic E-state index is 6.57. The number of hydrogen-bond acceptors (Lipinski definition) is 5. The van der Waals surface area contributed by atoms with E-state index in [9.17, 15) is 0 Å². The number of benzene rings is 1. The molecule has 5 heterocycles. The molecule has 0 atom stereocenters. The Morgan fingerprint density at radius 1 is 1.06 bits per heavy atom. The molecular formula is C25H22N6O. The largest absolute Gasteiger partial charge is 0.452 e. The number of hydrogen-bond donors (Lipinski definition) is 0. The normalized spacial score (nSPS) is 12.9. The minimum absolute atomic E-state index is 0.768. The third kappa shape index (κ3) is 3.13. The van der Waals surface area contributed by atoms with E-state index in [2.05, 4.69) is 33.0 Å². The van der Waals surface area contributed by atoms with Gasteiger partial charge in [0.25, 0.3) is 0 Å². The molecule has 0 spiro atoms. The lowest BCUT2D eigenvalue weighted by atomic mass is 10.1. The molecular weight excluding hydrogens is 400 g/mol. The highest BCUT2D eigenvalue weighted by atomic mass is 16.5. The lowest BCUT2D eigenvalue weighted by Gasteiger charge is -2.11. The van der Waals surface area contributed by atoms with E-state index in [1.165, 1.54) is 0 Å². The number of rotatable bonds is 4. The van der Waals surface area contributed by atoms with Gasteiger partial charge in [-0.15, -0.1) is 0 Å². The monoisotopic (exact) mass is 422 g/mol. The Morgan fingerprint density at radius 3 is 2.84 bits per heavy atom. The number of aromatic nitrogens is 6. The van der Waals surface area contributed by atoms with Gasteiger partial charge in [-0.1, -0.05) is 12.1 Å². The van der Waals surface area contributed by atoms with Crippen LogP contribution in [0.4, 0.5) is 0 Å². The summed E-state index contributed by atoms with van der Waals surface area (Å²) >= 11 is 0. The molecule has 7 heteroatoms. The minimum Gasteiger partial charge on any atom is -0.452 e. The van der Waals surface area contributed by atoms with Crippen molar-refractivity contribution in [3.05, 3.63) is 72.4 Å². The van der Waals surface area contributed by atoms with Crippen molar-refractivity contribution in [3.8, 4) is 34.0 Å². The molecule has 0 radical (unpaired) electrons. The third-order valence-electron chi connectivity index (χ3n) is 5.88. The molecule has 0 N–H and O–H groups in total. The van der Waals surface area contributed by atoms with E-state index in [-0.39, 0.29) is 0 Å². The first kappa shape index (κ1) is 18.7. The van der Waals surface area contributed by atoms with Crippen molar-refractivity contribution in [2.45, 2.75) is 26.3 Å². The summed E-state index contributed by atoms with van der Waals surface area (Å²) in [6.45, 7) is 2.90. The molecule has 0 bridgehead atoms. The van der Waals surface area contributed by atoms with E-state index in [0.717, 1.165) is 75.7 Å². The van der Waals surface area contributed by atoms with Crippen molar-refractivity contribution in [2.24, 2.45) is 7.05 Å². The summed E-state index contributed by atoms with van der Waals surface area (Å²) < 4.78 is 10.4. The van der Waals surface area contributed by atoms with Gasteiger partial charge in [0.05, 0.1) is 23.1 Å². The summed E-state index contributed by atoms with van der Waals surface area (Å²) in [7, 11) is 1.92. The highest BCUT2D eigenvalue weighted by molar-refractivity contribution is 5.89. The molecule has 32 heavy (non-hydrogen) atoms. The fraction of sp³-hybridized carbons (Fsp3) is 0.200. The maximum Gasteiger partial charge on any atom is 0.178 e. The molecule has 0 amide bonds. The average Bonchev–Trinajstić information content (AvgIpc) is 3.51. The molecule has 0 unspecified atom stereocenters. The molecule has 0 saturated heterocycles. The SMILES string of the molecule is Cc1cccc(-c2nn3c(c2Oc2ccnc4cc(-c5cnn(C)c5)ccc24)CCC3)n1. The van der Waals surface area contributed by atoms with Crippen molar-refractivity contribution < 1.29 is 4.74 Å². The van der Waals surface area contributed by atoms with Gasteiger partial charge in [-0.05, 0) is 55.7 Å². The summed E-state index contributed by atoms with van der Waals surface area (Å²) in [4.78, 5) is 9.28. The zero-order valence-corrected chi connectivity index (χ0v) is 18.0. The van der Waals surface area contributed by atoms with Crippen molar-refractivity contribution in [1.82, 2.24) is 29.5 Å². The lowest BCUT2D eigenvalue weighted by molar-refractivity contribution is 0.483. The Bertz CT molecular complexity index is 1460. The van der Waals surface area contributed by atoms with Crippen LogP contribution < -0.4 is 4.74 Å². The van der Waals surface area contributed by atoms with E-state index in [1.807, 2.05) is 50.6 Å². The van der Waals surface area contributed by atoms with Gasteiger partial charge >= 0.3 is 0 Å². The highest BCUT2D eigenvalue weighted by Gasteiger charge is 2.26. The second kappa shape index (κ2) is 7.30. The number of ether oxygens (including phenoxy) is 1. The lowest BCUT2D eigenvalue weighted by Crippen LogP contribution is -1.95. The molecule has 1 aliphatic heterocycles. The van der Waals surface area contributed by atoms with Crippen LogP contribution in [0.5, 0.6) is 11.5 Å². The van der Waals surface area contributed by atoms with Crippen molar-refractivity contribution in [2.75, 3.05) is 0 Å². The summed E-state index contributed by atoms with van der Waals surface area (Å²) in [6.07, 6.45) is 7.67. The first-order chi connectivity index (χ1) is 15.7. The second-order valence-corrected chi connectivity index (χ2v) is 8.16. The fourth-order valence-corrected chi connectivity index (χ4v) is 4.32. The highest BCUT2D eigenvalue weighted by Crippen LogP contribution is 2.40. The van der Waals surface area contributed by atoms with Crippen LogP contribution in [0.1, 0.15) is 17.8 Å². The molecule has 158 valence electrons. The van der Waals surface area contributed by atoms with E-state index < -0.39 is 0 Å². The average molecular weight is 422 g/mol. The smallest absolute Gasteiger partial charge is 0.178 e. The van der Waals surface area contributed by atoms with Gasteiger partial charge in [0.15, 0.2) is 11.4 Å². The Hall–Kier alpha value is -4.00. The Balaban J connectivity index is 1.44. The molecule has 7 nitrogen and oxygen atoms in total. The zero-order chi connectivity index (χ0) is 21.7. The van der Waals surface area contributed by atoms with Crippen molar-refractivity contribution in [1.29, 1.82) is 0 Å². The van der Waals surface area contributed by atoms with Crippen LogP contribution in [0.3, 0.4) is 0 Å². The molecule has 0 saturated carbocycles. The number of pyridine rings is 2. The van der Waals surface area contributed by atoms with Crippen molar-refractivity contribution >= 4 is 10.9 Å². The zero-order valence-electron chi connectivity index (χ0n) is 18.0. The van der Waals surface area contributed by atoms with Gasteiger partial charge in [0.1, 0.15) is 5.75 Å². The Kier molecular flexibility index (Phi) is 4.28. The fourth-order valence-electron chi connectivity index (χ4n) is 4.32. The molecule has 5 aromatic rings. The molecule has 0 aliphatic carbocycles. The summed E-state index contributed by atoms with van der Waals surface area (Å²) in [5.41, 5.74) is 6.72. The summed E-state index contributed by atoms with van der Waals surface area (Å²) in [5, 5.41) is 10.1. The van der Waals surface area contributed by atoms with Crippen LogP contribution in [-0.2, 0) is 20.0 Å². The first-order valence-electron chi connectivity index (χ1n) is 10.7. The van der Waals surface area contributed by atoms with Crippen LogP contribution in [0.2, 0.25) is 0 Å². The number of aryl methyl sites for hydroxylation is 3. The van der Waals surface area contributed by atoms with Gasteiger partial charge in [0.2, 0.25) is 0 Å². The van der Waals surface area contributed by atoms with Gasteiger partial charge in [0, 0.05) is 42.6 Å². The van der Waals surface area contributed by atoms with E-state index in [4.69, 9.17) is 14.8 Å². The number of nitrogens with zero attached hydrogens (tertiary/aromatic N) is 6. The Labute approximate surface area is 185 Å². The summed E-state index contributed by atoms with van der Waals surface area (Å²) in [6, 6.07) is 14.1. The van der Waals surface area contributed by atoms with Crippen LogP contribution in [0.25, 0.3) is 33.4 Å². The van der Waals surface area contributed by atoms with Gasteiger partial charge in [-0.2, -0.15) is 10.2 Å². The molecule has 1 aromatic carbocycles. The van der Waals surface area contributed by atoms with Crippen molar-refractivity contribution in [3.63, 3.8) is 0 Å².